The highest BCUT2D eigenvalue weighted by molar-refractivity contribution is 7.09. The Bertz CT molecular complexity index is 642. The Hall–Kier alpha value is -1.95. The first kappa shape index (κ1) is 16.9. The molecule has 3 heterocycles. The normalized spacial score (nSPS) is 17.7. The van der Waals surface area contributed by atoms with E-state index in [4.69, 9.17) is 0 Å². The molecule has 0 spiro atoms. The van der Waals surface area contributed by atoms with Crippen molar-refractivity contribution in [2.45, 2.75) is 45.1 Å². The van der Waals surface area contributed by atoms with Gasteiger partial charge in [0.05, 0.1) is 5.56 Å². The van der Waals surface area contributed by atoms with Crippen molar-refractivity contribution in [2.24, 2.45) is 0 Å². The maximum Gasteiger partial charge on any atom is 0.257 e. The van der Waals surface area contributed by atoms with Gasteiger partial charge in [0.15, 0.2) is 0 Å². The van der Waals surface area contributed by atoms with Crippen LogP contribution in [-0.2, 0) is 6.42 Å². The molecule has 1 saturated heterocycles. The van der Waals surface area contributed by atoms with E-state index in [1.54, 1.807) is 23.7 Å². The fourth-order valence-electron chi connectivity index (χ4n) is 3.19. The number of carbonyl (C=O) groups is 1. The summed E-state index contributed by atoms with van der Waals surface area (Å²) in [5, 5.41) is 5.17. The number of rotatable bonds is 6. The first-order chi connectivity index (χ1) is 11.8. The van der Waals surface area contributed by atoms with Crippen molar-refractivity contribution in [1.29, 1.82) is 0 Å². The Balaban J connectivity index is 1.66. The summed E-state index contributed by atoms with van der Waals surface area (Å²) in [4.78, 5) is 24.7. The smallest absolute Gasteiger partial charge is 0.257 e. The lowest BCUT2D eigenvalue weighted by Gasteiger charge is -2.35. The van der Waals surface area contributed by atoms with Crippen LogP contribution in [0.4, 0.5) is 5.95 Å². The summed E-state index contributed by atoms with van der Waals surface area (Å²) in [6, 6.07) is 4.58. The van der Waals surface area contributed by atoms with Crippen LogP contribution in [0.5, 0.6) is 0 Å². The van der Waals surface area contributed by atoms with Gasteiger partial charge in [-0.05, 0) is 50.5 Å². The van der Waals surface area contributed by atoms with Crippen molar-refractivity contribution in [3.63, 3.8) is 0 Å². The van der Waals surface area contributed by atoms with Gasteiger partial charge in [0.1, 0.15) is 0 Å². The van der Waals surface area contributed by atoms with Crippen LogP contribution in [0.3, 0.4) is 0 Å². The summed E-state index contributed by atoms with van der Waals surface area (Å²) in [5.41, 5.74) is 0.583. The van der Waals surface area contributed by atoms with E-state index in [9.17, 15) is 4.79 Å². The van der Waals surface area contributed by atoms with Gasteiger partial charge in [-0.2, -0.15) is 0 Å². The van der Waals surface area contributed by atoms with E-state index in [2.05, 4.69) is 32.8 Å². The molecular weight excluding hydrogens is 320 g/mol. The molecule has 0 radical (unpaired) electrons. The van der Waals surface area contributed by atoms with Gasteiger partial charge in [-0.1, -0.05) is 6.07 Å². The largest absolute Gasteiger partial charge is 0.355 e. The van der Waals surface area contributed by atoms with Gasteiger partial charge in [0.2, 0.25) is 5.95 Å². The number of nitrogens with one attached hydrogen (secondary N) is 1. The number of thiophene rings is 1. The number of hydrogen-bond donors (Lipinski definition) is 1. The summed E-state index contributed by atoms with van der Waals surface area (Å²) in [6.07, 6.45) is 8.72. The first-order valence-corrected chi connectivity index (χ1v) is 9.55. The molecule has 1 aliphatic rings. The Labute approximate surface area is 147 Å². The lowest BCUT2D eigenvalue weighted by molar-refractivity contribution is 0.0601. The predicted molar refractivity (Wildman–Crippen MR) is 97.5 cm³/mol. The molecule has 0 aromatic carbocycles. The highest BCUT2D eigenvalue weighted by Crippen LogP contribution is 2.24. The lowest BCUT2D eigenvalue weighted by Crippen LogP contribution is -2.44. The number of anilines is 1. The minimum absolute atomic E-state index is 0.0638. The van der Waals surface area contributed by atoms with E-state index in [0.29, 0.717) is 17.6 Å². The molecule has 128 valence electrons. The monoisotopic (exact) mass is 344 g/mol. The van der Waals surface area contributed by atoms with Crippen LogP contribution in [0.25, 0.3) is 0 Å². The average Bonchev–Trinajstić information content (AvgIpc) is 3.14. The first-order valence-electron chi connectivity index (χ1n) is 8.67. The molecule has 1 N–H and O–H groups in total. The van der Waals surface area contributed by atoms with E-state index in [0.717, 1.165) is 38.8 Å². The lowest BCUT2D eigenvalue weighted by atomic mass is 9.97. The number of aromatic nitrogens is 2. The summed E-state index contributed by atoms with van der Waals surface area (Å²) in [7, 11) is 0. The van der Waals surface area contributed by atoms with E-state index in [-0.39, 0.29) is 5.91 Å². The van der Waals surface area contributed by atoms with Crippen LogP contribution >= 0.6 is 11.3 Å². The third-order valence-electron chi connectivity index (χ3n) is 4.43. The van der Waals surface area contributed by atoms with Crippen LogP contribution in [0.1, 0.15) is 47.8 Å². The number of hydrogen-bond acceptors (Lipinski definition) is 5. The molecule has 0 aliphatic carbocycles. The van der Waals surface area contributed by atoms with Gasteiger partial charge >= 0.3 is 0 Å². The van der Waals surface area contributed by atoms with Gasteiger partial charge in [0, 0.05) is 36.4 Å². The van der Waals surface area contributed by atoms with Gasteiger partial charge < -0.3 is 10.2 Å². The second-order valence-corrected chi connectivity index (χ2v) is 7.12. The predicted octanol–water partition coefficient (Wildman–Crippen LogP) is 3.60. The molecule has 1 aliphatic heterocycles. The molecule has 1 atom stereocenters. The van der Waals surface area contributed by atoms with E-state index < -0.39 is 0 Å². The Kier molecular flexibility index (Phi) is 5.80. The molecule has 6 heteroatoms. The SMILES string of the molecule is CCNc1ncc(C(=O)N2CCCCC2CCc2cccs2)cn1. The highest BCUT2D eigenvalue weighted by Gasteiger charge is 2.27. The molecule has 3 rings (SSSR count). The highest BCUT2D eigenvalue weighted by atomic mass is 32.1. The summed E-state index contributed by atoms with van der Waals surface area (Å²) in [6.45, 7) is 3.60. The number of piperidine rings is 1. The Morgan fingerprint density at radius 3 is 2.92 bits per heavy atom. The maximum atomic E-state index is 12.9. The molecule has 5 nitrogen and oxygen atoms in total. The van der Waals surface area contributed by atoms with Crippen LogP contribution in [0.2, 0.25) is 0 Å². The van der Waals surface area contributed by atoms with E-state index in [1.165, 1.54) is 11.3 Å². The molecule has 1 unspecified atom stereocenters. The summed E-state index contributed by atoms with van der Waals surface area (Å²) >= 11 is 1.79. The zero-order chi connectivity index (χ0) is 16.8. The molecule has 0 saturated carbocycles. The quantitative estimate of drug-likeness (QED) is 0.870. The minimum atomic E-state index is 0.0638. The van der Waals surface area contributed by atoms with Crippen LogP contribution in [-0.4, -0.2) is 39.9 Å². The van der Waals surface area contributed by atoms with Crippen molar-refractivity contribution in [2.75, 3.05) is 18.4 Å². The fraction of sp³-hybridized carbons (Fsp3) is 0.500. The van der Waals surface area contributed by atoms with Crippen molar-refractivity contribution >= 4 is 23.2 Å². The Morgan fingerprint density at radius 1 is 1.38 bits per heavy atom. The second kappa shape index (κ2) is 8.24. The standard InChI is InChI=1S/C18H24N4OS/c1-2-19-18-20-12-14(13-21-18)17(23)22-10-4-3-6-15(22)8-9-16-7-5-11-24-16/h5,7,11-13,15H,2-4,6,8-10H2,1H3,(H,19,20,21). The van der Waals surface area contributed by atoms with Crippen molar-refractivity contribution < 1.29 is 4.79 Å². The number of aryl methyl sites for hydroxylation is 1. The van der Waals surface area contributed by atoms with Crippen LogP contribution < -0.4 is 5.32 Å². The van der Waals surface area contributed by atoms with Crippen LogP contribution in [0, 0.1) is 0 Å². The number of amides is 1. The number of likely N-dealkylation sites (tertiary alicyclic amines) is 1. The number of carbonyl (C=O) groups excluding carboxylic acids is 1. The zero-order valence-corrected chi connectivity index (χ0v) is 14.9. The average molecular weight is 344 g/mol. The molecule has 0 bridgehead atoms. The van der Waals surface area contributed by atoms with Crippen molar-refractivity contribution in [3.8, 4) is 0 Å². The second-order valence-electron chi connectivity index (χ2n) is 6.09. The maximum absolute atomic E-state index is 12.9. The molecule has 24 heavy (non-hydrogen) atoms. The van der Waals surface area contributed by atoms with E-state index >= 15 is 0 Å². The van der Waals surface area contributed by atoms with Crippen molar-refractivity contribution in [1.82, 2.24) is 14.9 Å². The Morgan fingerprint density at radius 2 is 2.21 bits per heavy atom. The van der Waals surface area contributed by atoms with Gasteiger partial charge in [-0.15, -0.1) is 11.3 Å². The molecule has 1 fully saturated rings. The third kappa shape index (κ3) is 4.12. The third-order valence-corrected chi connectivity index (χ3v) is 5.36. The molecular formula is C18H24N4OS. The van der Waals surface area contributed by atoms with E-state index in [1.807, 2.05) is 11.8 Å². The fourth-order valence-corrected chi connectivity index (χ4v) is 3.91. The zero-order valence-electron chi connectivity index (χ0n) is 14.1. The van der Waals surface area contributed by atoms with Crippen LogP contribution in [0.15, 0.2) is 29.9 Å². The van der Waals surface area contributed by atoms with Gasteiger partial charge in [-0.25, -0.2) is 9.97 Å². The summed E-state index contributed by atoms with van der Waals surface area (Å²) < 4.78 is 0. The van der Waals surface area contributed by atoms with Gasteiger partial charge in [0.25, 0.3) is 5.91 Å². The minimum Gasteiger partial charge on any atom is -0.355 e. The topological polar surface area (TPSA) is 58.1 Å². The molecule has 1 amide bonds. The summed E-state index contributed by atoms with van der Waals surface area (Å²) in [5.74, 6) is 0.635. The van der Waals surface area contributed by atoms with Crippen molar-refractivity contribution in [3.05, 3.63) is 40.3 Å². The number of nitrogens with zero attached hydrogens (tertiary/aromatic N) is 3. The molecule has 2 aromatic heterocycles. The van der Waals surface area contributed by atoms with Gasteiger partial charge in [-0.3, -0.25) is 4.79 Å². The molecule has 2 aromatic rings.